The zero-order valence-electron chi connectivity index (χ0n) is 16.0. The minimum atomic E-state index is -0.362. The van der Waals surface area contributed by atoms with Crippen molar-refractivity contribution < 1.29 is 19.0 Å². The second-order valence-corrected chi connectivity index (χ2v) is 6.63. The molecular formula is C22H22N2O4. The molecule has 0 radical (unpaired) electrons. The number of amides is 1. The number of benzene rings is 2. The molecule has 0 fully saturated rings. The summed E-state index contributed by atoms with van der Waals surface area (Å²) >= 11 is 0. The van der Waals surface area contributed by atoms with Crippen LogP contribution < -0.4 is 14.2 Å². The summed E-state index contributed by atoms with van der Waals surface area (Å²) in [4.78, 5) is 18.6. The second-order valence-electron chi connectivity index (χ2n) is 6.63. The molecule has 144 valence electrons. The van der Waals surface area contributed by atoms with Crippen molar-refractivity contribution in [3.05, 3.63) is 59.7 Å². The molecule has 1 aliphatic rings. The predicted octanol–water partition coefficient (Wildman–Crippen LogP) is 4.20. The highest BCUT2D eigenvalue weighted by atomic mass is 16.6. The Labute approximate surface area is 163 Å². The van der Waals surface area contributed by atoms with E-state index in [2.05, 4.69) is 4.98 Å². The molecular weight excluding hydrogens is 356 g/mol. The van der Waals surface area contributed by atoms with E-state index >= 15 is 0 Å². The van der Waals surface area contributed by atoms with Gasteiger partial charge < -0.3 is 19.1 Å². The SMILES string of the molecule is CCOc1ccc2nc3c(cc2c1)CN(CCc1ccc(OC)cc1)C(=O)O3. The lowest BCUT2D eigenvalue weighted by molar-refractivity contribution is 0.137. The summed E-state index contributed by atoms with van der Waals surface area (Å²) in [5.41, 5.74) is 2.81. The summed E-state index contributed by atoms with van der Waals surface area (Å²) in [6, 6.07) is 15.6. The number of fused-ring (bicyclic) bond motifs is 2. The van der Waals surface area contributed by atoms with E-state index < -0.39 is 0 Å². The van der Waals surface area contributed by atoms with Crippen molar-refractivity contribution in [3.8, 4) is 17.4 Å². The fourth-order valence-corrected chi connectivity index (χ4v) is 3.28. The summed E-state index contributed by atoms with van der Waals surface area (Å²) in [6.45, 7) is 3.61. The molecule has 6 heteroatoms. The van der Waals surface area contributed by atoms with Gasteiger partial charge in [-0.2, -0.15) is 0 Å². The summed E-state index contributed by atoms with van der Waals surface area (Å²) in [6.07, 6.45) is 0.378. The van der Waals surface area contributed by atoms with Crippen LogP contribution in [0.1, 0.15) is 18.1 Å². The van der Waals surface area contributed by atoms with Gasteiger partial charge in [-0.05, 0) is 55.3 Å². The minimum Gasteiger partial charge on any atom is -0.497 e. The highest BCUT2D eigenvalue weighted by Gasteiger charge is 2.26. The number of carbonyl (C=O) groups is 1. The number of nitrogens with zero attached hydrogens (tertiary/aromatic N) is 2. The molecule has 28 heavy (non-hydrogen) atoms. The Morgan fingerprint density at radius 2 is 1.89 bits per heavy atom. The number of carbonyl (C=O) groups excluding carboxylic acids is 1. The van der Waals surface area contributed by atoms with Crippen LogP contribution in [0, 0.1) is 0 Å². The maximum Gasteiger partial charge on any atom is 0.416 e. The van der Waals surface area contributed by atoms with Crippen LogP contribution in [0.2, 0.25) is 0 Å². The smallest absolute Gasteiger partial charge is 0.416 e. The third-order valence-corrected chi connectivity index (χ3v) is 4.77. The molecule has 3 aromatic rings. The van der Waals surface area contributed by atoms with Crippen LogP contribution in [0.3, 0.4) is 0 Å². The van der Waals surface area contributed by atoms with Gasteiger partial charge in [-0.1, -0.05) is 12.1 Å². The molecule has 2 heterocycles. The number of hydrogen-bond acceptors (Lipinski definition) is 5. The first-order valence-corrected chi connectivity index (χ1v) is 9.32. The third kappa shape index (κ3) is 3.71. The van der Waals surface area contributed by atoms with Crippen LogP contribution in [-0.2, 0) is 13.0 Å². The van der Waals surface area contributed by atoms with Gasteiger partial charge in [-0.25, -0.2) is 9.78 Å². The Hall–Kier alpha value is -3.28. The first-order valence-electron chi connectivity index (χ1n) is 9.32. The lowest BCUT2D eigenvalue weighted by atomic mass is 10.1. The molecule has 0 unspecified atom stereocenters. The van der Waals surface area contributed by atoms with Crippen LogP contribution in [-0.4, -0.2) is 36.2 Å². The summed E-state index contributed by atoms with van der Waals surface area (Å²) in [5, 5.41) is 0.970. The van der Waals surface area contributed by atoms with E-state index in [-0.39, 0.29) is 6.09 Å². The van der Waals surface area contributed by atoms with E-state index in [1.165, 1.54) is 0 Å². The molecule has 0 N–H and O–H groups in total. The number of methoxy groups -OCH3 is 1. The van der Waals surface area contributed by atoms with E-state index in [1.807, 2.05) is 55.5 Å². The number of ether oxygens (including phenoxy) is 3. The van der Waals surface area contributed by atoms with Gasteiger partial charge in [0.15, 0.2) is 0 Å². The first kappa shape index (κ1) is 18.1. The molecule has 0 saturated carbocycles. The largest absolute Gasteiger partial charge is 0.497 e. The maximum absolute atomic E-state index is 12.4. The van der Waals surface area contributed by atoms with Gasteiger partial charge in [0.25, 0.3) is 0 Å². The summed E-state index contributed by atoms with van der Waals surface area (Å²) in [7, 11) is 1.64. The molecule has 1 aliphatic heterocycles. The molecule has 0 atom stereocenters. The van der Waals surface area contributed by atoms with Crippen molar-refractivity contribution in [1.82, 2.24) is 9.88 Å². The molecule has 4 rings (SSSR count). The molecule has 0 saturated heterocycles. The number of pyridine rings is 1. The lowest BCUT2D eigenvalue weighted by Crippen LogP contribution is -2.38. The van der Waals surface area contributed by atoms with Gasteiger partial charge in [-0.3, -0.25) is 0 Å². The topological polar surface area (TPSA) is 60.9 Å². The van der Waals surface area contributed by atoms with Gasteiger partial charge in [0, 0.05) is 17.5 Å². The normalized spacial score (nSPS) is 13.2. The highest BCUT2D eigenvalue weighted by Crippen LogP contribution is 2.30. The standard InChI is InChI=1S/C22H22N2O4/c1-3-27-19-8-9-20-16(13-19)12-17-14-24(22(25)28-21(17)23-20)11-10-15-4-6-18(26-2)7-5-15/h4-9,12-13H,3,10-11,14H2,1-2H3. The van der Waals surface area contributed by atoms with Gasteiger partial charge in [0.05, 0.1) is 25.8 Å². The fourth-order valence-electron chi connectivity index (χ4n) is 3.28. The fraction of sp³-hybridized carbons (Fsp3) is 0.273. The monoisotopic (exact) mass is 378 g/mol. The van der Waals surface area contributed by atoms with Crippen molar-refractivity contribution in [2.24, 2.45) is 0 Å². The average Bonchev–Trinajstić information content (AvgIpc) is 2.71. The van der Waals surface area contributed by atoms with Crippen LogP contribution >= 0.6 is 0 Å². The second kappa shape index (κ2) is 7.76. The quantitative estimate of drug-likeness (QED) is 0.643. The predicted molar refractivity (Wildman–Crippen MR) is 106 cm³/mol. The van der Waals surface area contributed by atoms with Crippen molar-refractivity contribution in [2.45, 2.75) is 19.9 Å². The van der Waals surface area contributed by atoms with Crippen LogP contribution in [0.4, 0.5) is 4.79 Å². The third-order valence-electron chi connectivity index (χ3n) is 4.77. The molecule has 1 aromatic heterocycles. The molecule has 6 nitrogen and oxygen atoms in total. The molecule has 0 spiro atoms. The van der Waals surface area contributed by atoms with Crippen molar-refractivity contribution >= 4 is 17.0 Å². The zero-order valence-corrected chi connectivity index (χ0v) is 16.0. The number of hydrogen-bond donors (Lipinski definition) is 0. The van der Waals surface area contributed by atoms with Crippen molar-refractivity contribution in [3.63, 3.8) is 0 Å². The van der Waals surface area contributed by atoms with E-state index in [4.69, 9.17) is 14.2 Å². The van der Waals surface area contributed by atoms with Crippen LogP contribution in [0.25, 0.3) is 10.9 Å². The van der Waals surface area contributed by atoms with E-state index in [9.17, 15) is 4.79 Å². The highest BCUT2D eigenvalue weighted by molar-refractivity contribution is 5.83. The molecule has 1 amide bonds. The van der Waals surface area contributed by atoms with E-state index in [0.717, 1.165) is 39.9 Å². The maximum atomic E-state index is 12.4. The van der Waals surface area contributed by atoms with Crippen molar-refractivity contribution in [1.29, 1.82) is 0 Å². The van der Waals surface area contributed by atoms with Crippen LogP contribution in [0.15, 0.2) is 48.5 Å². The zero-order chi connectivity index (χ0) is 19.5. The molecule has 2 aromatic carbocycles. The Balaban J connectivity index is 1.51. The van der Waals surface area contributed by atoms with Crippen molar-refractivity contribution in [2.75, 3.05) is 20.3 Å². The van der Waals surface area contributed by atoms with Gasteiger partial charge >= 0.3 is 6.09 Å². The van der Waals surface area contributed by atoms with Crippen LogP contribution in [0.5, 0.6) is 17.4 Å². The van der Waals surface area contributed by atoms with E-state index in [0.29, 0.717) is 25.6 Å². The van der Waals surface area contributed by atoms with Gasteiger partial charge in [-0.15, -0.1) is 0 Å². The van der Waals surface area contributed by atoms with Gasteiger partial charge in [0.1, 0.15) is 11.5 Å². The Kier molecular flexibility index (Phi) is 5.02. The lowest BCUT2D eigenvalue weighted by Gasteiger charge is -2.27. The summed E-state index contributed by atoms with van der Waals surface area (Å²) in [5.74, 6) is 2.02. The summed E-state index contributed by atoms with van der Waals surface area (Å²) < 4.78 is 16.2. The number of rotatable bonds is 6. The first-order chi connectivity index (χ1) is 13.7. The average molecular weight is 378 g/mol. The molecule has 0 aliphatic carbocycles. The molecule has 0 bridgehead atoms. The Morgan fingerprint density at radius 3 is 2.64 bits per heavy atom. The van der Waals surface area contributed by atoms with Gasteiger partial charge in [0.2, 0.25) is 5.88 Å². The number of aromatic nitrogens is 1. The Bertz CT molecular complexity index is 1000. The Morgan fingerprint density at radius 1 is 1.11 bits per heavy atom. The van der Waals surface area contributed by atoms with E-state index in [1.54, 1.807) is 12.0 Å². The minimum absolute atomic E-state index is 0.362.